The van der Waals surface area contributed by atoms with Crippen LogP contribution in [0.4, 0.5) is 0 Å². The zero-order chi connectivity index (χ0) is 19.7. The number of hydrogen-bond acceptors (Lipinski definition) is 7. The Balaban J connectivity index is 1.19. The molecular weight excluding hydrogens is 374 g/mol. The van der Waals surface area contributed by atoms with Crippen molar-refractivity contribution in [3.8, 4) is 0 Å². The van der Waals surface area contributed by atoms with E-state index in [1.165, 1.54) is 24.8 Å². The van der Waals surface area contributed by atoms with Crippen molar-refractivity contribution in [2.45, 2.75) is 83.5 Å². The van der Waals surface area contributed by atoms with Crippen LogP contribution in [0.5, 0.6) is 0 Å². The molecule has 0 saturated carbocycles. The highest BCUT2D eigenvalue weighted by Gasteiger charge is 2.48. The Morgan fingerprint density at radius 1 is 1.29 bits per heavy atom. The molecule has 4 rings (SSSR count). The van der Waals surface area contributed by atoms with E-state index in [4.69, 9.17) is 14.2 Å². The molecule has 0 aromatic carbocycles. The number of thioether (sulfide) groups is 1. The molecule has 2 fully saturated rings. The Morgan fingerprint density at radius 3 is 2.82 bits per heavy atom. The lowest BCUT2D eigenvalue weighted by Gasteiger charge is -2.37. The number of allylic oxidation sites excluding steroid dienone is 3. The van der Waals surface area contributed by atoms with Gasteiger partial charge in [0.05, 0.1) is 0 Å². The number of piperidine rings is 1. The average Bonchev–Trinajstić information content (AvgIpc) is 3.32. The number of nitrogens with zero attached hydrogens (tertiary/aromatic N) is 3. The standard InChI is InChI=1S/C21H33N3O3S/c1-14-7-5-10-17(11-14)25-12-19-23(4)22-21(27-19)28-13-18-20(26-18)24-15(2)8-6-9-16(24)3/h10-11,15-16,18-20H,5-9,12-13H2,1-4H3/t15-,16+,18?,19?,20?. The van der Waals surface area contributed by atoms with Gasteiger partial charge in [-0.15, -0.1) is 5.10 Å². The Labute approximate surface area is 172 Å². The summed E-state index contributed by atoms with van der Waals surface area (Å²) in [5, 5.41) is 7.09. The van der Waals surface area contributed by atoms with Gasteiger partial charge in [0, 0.05) is 24.9 Å². The van der Waals surface area contributed by atoms with Gasteiger partial charge in [-0.1, -0.05) is 23.8 Å². The Morgan fingerprint density at radius 2 is 2.07 bits per heavy atom. The van der Waals surface area contributed by atoms with Crippen molar-refractivity contribution in [1.82, 2.24) is 9.91 Å². The van der Waals surface area contributed by atoms with Gasteiger partial charge in [0.1, 0.15) is 24.7 Å². The van der Waals surface area contributed by atoms with E-state index in [1.807, 2.05) is 12.1 Å². The Kier molecular flexibility index (Phi) is 6.23. The molecule has 2 saturated heterocycles. The van der Waals surface area contributed by atoms with E-state index in [0.717, 1.165) is 29.6 Å². The summed E-state index contributed by atoms with van der Waals surface area (Å²) >= 11 is 1.65. The van der Waals surface area contributed by atoms with Gasteiger partial charge in [0.15, 0.2) is 0 Å². The molecule has 1 aliphatic carbocycles. The predicted molar refractivity (Wildman–Crippen MR) is 113 cm³/mol. The zero-order valence-electron chi connectivity index (χ0n) is 17.5. The van der Waals surface area contributed by atoms with Gasteiger partial charge in [0.2, 0.25) is 6.23 Å². The van der Waals surface area contributed by atoms with Crippen LogP contribution in [0.15, 0.2) is 28.6 Å². The van der Waals surface area contributed by atoms with E-state index in [-0.39, 0.29) is 18.6 Å². The summed E-state index contributed by atoms with van der Waals surface area (Å²) in [5.74, 6) is 1.83. The first-order valence-electron chi connectivity index (χ1n) is 10.5. The summed E-state index contributed by atoms with van der Waals surface area (Å²) in [5.41, 5.74) is 1.36. The summed E-state index contributed by atoms with van der Waals surface area (Å²) in [6.07, 6.45) is 10.7. The topological polar surface area (TPSA) is 49.8 Å². The van der Waals surface area contributed by atoms with Gasteiger partial charge in [-0.3, -0.25) is 9.91 Å². The second-order valence-corrected chi connectivity index (χ2v) is 9.38. The summed E-state index contributed by atoms with van der Waals surface area (Å²) in [4.78, 5) is 2.56. The van der Waals surface area contributed by atoms with Crippen LogP contribution in [0.3, 0.4) is 0 Å². The van der Waals surface area contributed by atoms with Crippen molar-refractivity contribution in [2.24, 2.45) is 5.10 Å². The molecule has 28 heavy (non-hydrogen) atoms. The molecule has 0 aromatic rings. The fourth-order valence-corrected chi connectivity index (χ4v) is 5.23. The van der Waals surface area contributed by atoms with Crippen molar-refractivity contribution >= 4 is 17.0 Å². The molecule has 4 aliphatic rings. The van der Waals surface area contributed by atoms with Crippen LogP contribution in [0.1, 0.15) is 52.9 Å². The molecule has 6 nitrogen and oxygen atoms in total. The lowest BCUT2D eigenvalue weighted by atomic mass is 9.97. The molecule has 3 unspecified atom stereocenters. The summed E-state index contributed by atoms with van der Waals surface area (Å²) in [6.45, 7) is 7.27. The van der Waals surface area contributed by atoms with E-state index in [0.29, 0.717) is 18.7 Å². The number of likely N-dealkylation sites (N-methyl/N-ethyl adjacent to an activating group) is 1. The molecule has 0 spiro atoms. The highest BCUT2D eigenvalue weighted by Crippen LogP contribution is 2.37. The maximum Gasteiger partial charge on any atom is 0.269 e. The predicted octanol–water partition coefficient (Wildman–Crippen LogP) is 3.91. The van der Waals surface area contributed by atoms with Crippen LogP contribution in [-0.4, -0.2) is 65.2 Å². The fraction of sp³-hybridized carbons (Fsp3) is 0.762. The molecule has 3 heterocycles. The van der Waals surface area contributed by atoms with Crippen LogP contribution in [0.25, 0.3) is 0 Å². The van der Waals surface area contributed by atoms with Gasteiger partial charge in [-0.25, -0.2) is 0 Å². The molecular formula is C21H33N3O3S. The molecule has 0 N–H and O–H groups in total. The number of likely N-dealkylation sites (tertiary alicyclic amines) is 1. The molecule has 0 bridgehead atoms. The smallest absolute Gasteiger partial charge is 0.269 e. The highest BCUT2D eigenvalue weighted by molar-refractivity contribution is 8.13. The molecule has 0 amide bonds. The third-order valence-electron chi connectivity index (χ3n) is 6.04. The average molecular weight is 408 g/mol. The summed E-state index contributed by atoms with van der Waals surface area (Å²) in [6, 6.07) is 1.23. The van der Waals surface area contributed by atoms with E-state index in [1.54, 1.807) is 11.8 Å². The maximum absolute atomic E-state index is 5.99. The minimum Gasteiger partial charge on any atom is -0.488 e. The van der Waals surface area contributed by atoms with Gasteiger partial charge < -0.3 is 14.2 Å². The van der Waals surface area contributed by atoms with Gasteiger partial charge in [-0.2, -0.15) is 0 Å². The minimum absolute atomic E-state index is 0.169. The van der Waals surface area contributed by atoms with Gasteiger partial charge >= 0.3 is 0 Å². The second-order valence-electron chi connectivity index (χ2n) is 8.41. The summed E-state index contributed by atoms with van der Waals surface area (Å²) < 4.78 is 17.9. The van der Waals surface area contributed by atoms with Crippen molar-refractivity contribution in [3.05, 3.63) is 23.5 Å². The van der Waals surface area contributed by atoms with Crippen LogP contribution in [-0.2, 0) is 14.2 Å². The monoisotopic (exact) mass is 407 g/mol. The largest absolute Gasteiger partial charge is 0.488 e. The first-order valence-corrected chi connectivity index (χ1v) is 11.5. The third kappa shape index (κ3) is 4.69. The van der Waals surface area contributed by atoms with Crippen molar-refractivity contribution in [2.75, 3.05) is 19.4 Å². The number of hydrazone groups is 1. The van der Waals surface area contributed by atoms with E-state index in [9.17, 15) is 0 Å². The second kappa shape index (κ2) is 8.67. The van der Waals surface area contributed by atoms with Crippen molar-refractivity contribution in [3.63, 3.8) is 0 Å². The van der Waals surface area contributed by atoms with Crippen molar-refractivity contribution in [1.29, 1.82) is 0 Å². The van der Waals surface area contributed by atoms with E-state index < -0.39 is 0 Å². The van der Waals surface area contributed by atoms with Crippen LogP contribution in [0, 0.1) is 0 Å². The van der Waals surface area contributed by atoms with Crippen LogP contribution in [0.2, 0.25) is 0 Å². The molecule has 3 aliphatic heterocycles. The van der Waals surface area contributed by atoms with E-state index in [2.05, 4.69) is 42.9 Å². The normalized spacial score (nSPS) is 35.8. The first-order chi connectivity index (χ1) is 13.5. The van der Waals surface area contributed by atoms with E-state index >= 15 is 0 Å². The Hall–Kier alpha value is -1.18. The van der Waals surface area contributed by atoms with Gasteiger partial charge in [0.25, 0.3) is 5.23 Å². The van der Waals surface area contributed by atoms with Gasteiger partial charge in [-0.05, 0) is 58.6 Å². The molecule has 0 aromatic heterocycles. The molecule has 156 valence electrons. The fourth-order valence-electron chi connectivity index (χ4n) is 4.31. The minimum atomic E-state index is -0.169. The van der Waals surface area contributed by atoms with Crippen LogP contribution >= 0.6 is 11.8 Å². The zero-order valence-corrected chi connectivity index (χ0v) is 18.3. The third-order valence-corrected chi connectivity index (χ3v) is 6.96. The highest BCUT2D eigenvalue weighted by atomic mass is 32.2. The number of ether oxygens (including phenoxy) is 3. The van der Waals surface area contributed by atoms with Crippen molar-refractivity contribution < 1.29 is 14.2 Å². The molecule has 7 heteroatoms. The molecule has 5 atom stereocenters. The quantitative estimate of drug-likeness (QED) is 0.622. The molecule has 0 radical (unpaired) electrons. The Bertz CT molecular complexity index is 655. The SMILES string of the molecule is CC1=CC(OCC2OC(SCC3OC3N3[C@H](C)CCC[C@@H]3C)=NN2C)=CCC1. The maximum atomic E-state index is 5.99. The lowest BCUT2D eigenvalue weighted by molar-refractivity contribution is 0.0126. The lowest BCUT2D eigenvalue weighted by Crippen LogP contribution is -2.46. The number of hydrogen-bond donors (Lipinski definition) is 0. The summed E-state index contributed by atoms with van der Waals surface area (Å²) in [7, 11) is 1.94. The first kappa shape index (κ1) is 20.1. The number of rotatable bonds is 6. The van der Waals surface area contributed by atoms with Crippen LogP contribution < -0.4 is 0 Å². The number of epoxide rings is 1.